The predicted octanol–water partition coefficient (Wildman–Crippen LogP) is 2.57. The van der Waals surface area contributed by atoms with Crippen molar-refractivity contribution in [2.24, 2.45) is 0 Å². The van der Waals surface area contributed by atoms with Gasteiger partial charge in [0.25, 0.3) is 5.91 Å². The first kappa shape index (κ1) is 13.4. The average Bonchev–Trinajstić information content (AvgIpc) is 2.98. The zero-order valence-electron chi connectivity index (χ0n) is 10.9. The second kappa shape index (κ2) is 6.25. The van der Waals surface area contributed by atoms with Gasteiger partial charge in [0.2, 0.25) is 0 Å². The number of ether oxygens (including phenoxy) is 1. The Morgan fingerprint density at radius 1 is 1.35 bits per heavy atom. The SMILES string of the molecule is COc1ccccc1NC(=O)C(C#N)=Cc1ccc[nH]1. The first-order chi connectivity index (χ1) is 9.74. The number of para-hydroxylation sites is 2. The normalized spacial score (nSPS) is 10.7. The molecule has 5 heteroatoms. The van der Waals surface area contributed by atoms with E-state index in [1.54, 1.807) is 42.6 Å². The molecule has 2 rings (SSSR count). The number of methoxy groups -OCH3 is 1. The Morgan fingerprint density at radius 3 is 2.80 bits per heavy atom. The number of carbonyl (C=O) groups excluding carboxylic acids is 1. The van der Waals surface area contributed by atoms with Crippen LogP contribution in [0.15, 0.2) is 48.2 Å². The summed E-state index contributed by atoms with van der Waals surface area (Å²) in [6, 6.07) is 12.5. The fourth-order valence-electron chi connectivity index (χ4n) is 1.68. The number of carbonyl (C=O) groups is 1. The highest BCUT2D eigenvalue weighted by molar-refractivity contribution is 6.10. The van der Waals surface area contributed by atoms with Crippen LogP contribution in [0.2, 0.25) is 0 Å². The number of rotatable bonds is 4. The molecule has 0 unspecified atom stereocenters. The third-order valence-corrected chi connectivity index (χ3v) is 2.64. The molecule has 0 radical (unpaired) electrons. The van der Waals surface area contributed by atoms with Gasteiger partial charge < -0.3 is 15.0 Å². The molecule has 0 fully saturated rings. The van der Waals surface area contributed by atoms with Gasteiger partial charge in [0.1, 0.15) is 17.4 Å². The highest BCUT2D eigenvalue weighted by atomic mass is 16.5. The van der Waals surface area contributed by atoms with Crippen LogP contribution in [0, 0.1) is 11.3 Å². The highest BCUT2D eigenvalue weighted by Crippen LogP contribution is 2.23. The van der Waals surface area contributed by atoms with Crippen LogP contribution in [0.25, 0.3) is 6.08 Å². The molecule has 20 heavy (non-hydrogen) atoms. The maximum atomic E-state index is 12.1. The van der Waals surface area contributed by atoms with E-state index in [2.05, 4.69) is 10.3 Å². The summed E-state index contributed by atoms with van der Waals surface area (Å²) >= 11 is 0. The van der Waals surface area contributed by atoms with Gasteiger partial charge in [-0.1, -0.05) is 12.1 Å². The Labute approximate surface area is 116 Å². The number of nitrogens with zero attached hydrogens (tertiary/aromatic N) is 1. The van der Waals surface area contributed by atoms with Crippen LogP contribution in [0.1, 0.15) is 5.69 Å². The van der Waals surface area contributed by atoms with Crippen molar-refractivity contribution in [2.45, 2.75) is 0 Å². The van der Waals surface area contributed by atoms with E-state index >= 15 is 0 Å². The van der Waals surface area contributed by atoms with E-state index < -0.39 is 5.91 Å². The van der Waals surface area contributed by atoms with Crippen molar-refractivity contribution in [1.29, 1.82) is 5.26 Å². The molecular formula is C15H13N3O2. The lowest BCUT2D eigenvalue weighted by Gasteiger charge is -2.08. The van der Waals surface area contributed by atoms with E-state index in [1.807, 2.05) is 6.07 Å². The largest absolute Gasteiger partial charge is 0.495 e. The van der Waals surface area contributed by atoms with Gasteiger partial charge in [-0.15, -0.1) is 0 Å². The Kier molecular flexibility index (Phi) is 4.20. The van der Waals surface area contributed by atoms with Crippen LogP contribution in [0.3, 0.4) is 0 Å². The molecule has 0 spiro atoms. The second-order valence-electron chi connectivity index (χ2n) is 3.95. The molecule has 1 aromatic heterocycles. The van der Waals surface area contributed by atoms with Gasteiger partial charge in [-0.2, -0.15) is 5.26 Å². The summed E-state index contributed by atoms with van der Waals surface area (Å²) in [5, 5.41) is 11.7. The van der Waals surface area contributed by atoms with E-state index in [4.69, 9.17) is 10.00 Å². The average molecular weight is 267 g/mol. The van der Waals surface area contributed by atoms with Crippen molar-refractivity contribution in [2.75, 3.05) is 12.4 Å². The van der Waals surface area contributed by atoms with Crippen LogP contribution < -0.4 is 10.1 Å². The molecule has 0 atom stereocenters. The molecule has 0 aliphatic rings. The fraction of sp³-hybridized carbons (Fsp3) is 0.0667. The van der Waals surface area contributed by atoms with Crippen LogP contribution in [-0.4, -0.2) is 18.0 Å². The smallest absolute Gasteiger partial charge is 0.266 e. The quantitative estimate of drug-likeness (QED) is 0.660. The summed E-state index contributed by atoms with van der Waals surface area (Å²) < 4.78 is 5.14. The maximum absolute atomic E-state index is 12.1. The van der Waals surface area contributed by atoms with Crippen molar-refractivity contribution < 1.29 is 9.53 Å². The number of aromatic amines is 1. The number of hydrogen-bond acceptors (Lipinski definition) is 3. The van der Waals surface area contributed by atoms with Gasteiger partial charge in [-0.25, -0.2) is 0 Å². The van der Waals surface area contributed by atoms with Crippen molar-refractivity contribution in [3.05, 3.63) is 53.9 Å². The summed E-state index contributed by atoms with van der Waals surface area (Å²) in [6.45, 7) is 0. The molecule has 100 valence electrons. The van der Waals surface area contributed by atoms with E-state index in [-0.39, 0.29) is 5.57 Å². The minimum Gasteiger partial charge on any atom is -0.495 e. The molecule has 0 saturated carbocycles. The van der Waals surface area contributed by atoms with Crippen molar-refractivity contribution >= 4 is 17.7 Å². The zero-order chi connectivity index (χ0) is 14.4. The van der Waals surface area contributed by atoms with E-state index in [1.165, 1.54) is 13.2 Å². The highest BCUT2D eigenvalue weighted by Gasteiger charge is 2.12. The summed E-state index contributed by atoms with van der Waals surface area (Å²) in [7, 11) is 1.52. The van der Waals surface area contributed by atoms with E-state index in [9.17, 15) is 4.79 Å². The molecule has 1 amide bonds. The van der Waals surface area contributed by atoms with Crippen molar-refractivity contribution in [3.63, 3.8) is 0 Å². The van der Waals surface area contributed by atoms with E-state index in [0.717, 1.165) is 0 Å². The molecule has 1 heterocycles. The lowest BCUT2D eigenvalue weighted by Crippen LogP contribution is -2.14. The molecular weight excluding hydrogens is 254 g/mol. The van der Waals surface area contributed by atoms with Gasteiger partial charge in [-0.05, 0) is 30.3 Å². The lowest BCUT2D eigenvalue weighted by atomic mass is 10.2. The van der Waals surface area contributed by atoms with Crippen LogP contribution >= 0.6 is 0 Å². The first-order valence-corrected chi connectivity index (χ1v) is 5.94. The summed E-state index contributed by atoms with van der Waals surface area (Å²) in [6.07, 6.45) is 3.21. The minimum absolute atomic E-state index is 0.0124. The topological polar surface area (TPSA) is 77.9 Å². The molecule has 0 saturated heterocycles. The zero-order valence-corrected chi connectivity index (χ0v) is 10.9. The number of benzene rings is 1. The molecule has 0 aliphatic heterocycles. The number of H-pyrrole nitrogens is 1. The number of nitrogens with one attached hydrogen (secondary N) is 2. The van der Waals surface area contributed by atoms with Gasteiger partial charge in [0.15, 0.2) is 0 Å². The first-order valence-electron chi connectivity index (χ1n) is 5.94. The van der Waals surface area contributed by atoms with Gasteiger partial charge in [0, 0.05) is 11.9 Å². The van der Waals surface area contributed by atoms with Crippen LogP contribution in [-0.2, 0) is 4.79 Å². The maximum Gasteiger partial charge on any atom is 0.266 e. The monoisotopic (exact) mass is 267 g/mol. The molecule has 0 bridgehead atoms. The third-order valence-electron chi connectivity index (χ3n) is 2.64. The van der Waals surface area contributed by atoms with Crippen LogP contribution in [0.4, 0.5) is 5.69 Å². The van der Waals surface area contributed by atoms with Gasteiger partial charge in [-0.3, -0.25) is 4.79 Å². The molecule has 5 nitrogen and oxygen atoms in total. The number of aromatic nitrogens is 1. The number of hydrogen-bond donors (Lipinski definition) is 2. The Balaban J connectivity index is 2.21. The molecule has 0 aliphatic carbocycles. The van der Waals surface area contributed by atoms with Crippen molar-refractivity contribution in [3.8, 4) is 11.8 Å². The summed E-state index contributed by atoms with van der Waals surface area (Å²) in [5.74, 6) is 0.0598. The minimum atomic E-state index is -0.480. The Bertz CT molecular complexity index is 667. The fourth-order valence-corrected chi connectivity index (χ4v) is 1.68. The number of nitriles is 1. The third kappa shape index (κ3) is 3.06. The van der Waals surface area contributed by atoms with E-state index in [0.29, 0.717) is 17.1 Å². The predicted molar refractivity (Wildman–Crippen MR) is 76.0 cm³/mol. The standard InChI is InChI=1S/C15H13N3O2/c1-20-14-7-3-2-6-13(14)18-15(19)11(10-16)9-12-5-4-8-17-12/h2-9,17H,1H3,(H,18,19). The lowest BCUT2D eigenvalue weighted by molar-refractivity contribution is -0.112. The van der Waals surface area contributed by atoms with Gasteiger partial charge in [0.05, 0.1) is 12.8 Å². The molecule has 2 aromatic rings. The van der Waals surface area contributed by atoms with Crippen molar-refractivity contribution in [1.82, 2.24) is 4.98 Å². The Morgan fingerprint density at radius 2 is 2.15 bits per heavy atom. The number of anilines is 1. The molecule has 1 aromatic carbocycles. The van der Waals surface area contributed by atoms with Gasteiger partial charge >= 0.3 is 0 Å². The van der Waals surface area contributed by atoms with Crippen LogP contribution in [0.5, 0.6) is 5.75 Å². The Hall–Kier alpha value is -3.00. The number of amides is 1. The molecule has 2 N–H and O–H groups in total. The summed E-state index contributed by atoms with van der Waals surface area (Å²) in [4.78, 5) is 15.0. The summed E-state index contributed by atoms with van der Waals surface area (Å²) in [5.41, 5.74) is 1.22. The second-order valence-corrected chi connectivity index (χ2v) is 3.95.